The smallest absolute Gasteiger partial charge is 0.337 e. The Kier molecular flexibility index (Phi) is 7.63. The number of amidine groups is 1. The van der Waals surface area contributed by atoms with Gasteiger partial charge in [-0.25, -0.2) is 9.79 Å². The second kappa shape index (κ2) is 10.8. The van der Waals surface area contributed by atoms with E-state index < -0.39 is 5.97 Å². The van der Waals surface area contributed by atoms with Gasteiger partial charge in [0.25, 0.3) is 5.91 Å². The predicted octanol–water partition coefficient (Wildman–Crippen LogP) is 5.89. The van der Waals surface area contributed by atoms with Gasteiger partial charge in [-0.3, -0.25) is 9.69 Å². The third-order valence-corrected chi connectivity index (χ3v) is 7.16. The van der Waals surface area contributed by atoms with Crippen LogP contribution in [0.15, 0.2) is 99.4 Å². The van der Waals surface area contributed by atoms with Crippen molar-refractivity contribution in [2.75, 3.05) is 19.1 Å². The number of para-hydroxylation sites is 1. The minimum atomic E-state index is -0.438. The highest BCUT2D eigenvalue weighted by molar-refractivity contribution is 8.18. The van der Waals surface area contributed by atoms with Crippen LogP contribution in [0.2, 0.25) is 0 Å². The molecule has 0 atom stereocenters. The largest absolute Gasteiger partial charge is 0.465 e. The molecule has 0 N–H and O–H groups in total. The third-order valence-electron chi connectivity index (χ3n) is 5.61. The molecule has 0 aromatic heterocycles. The Bertz CT molecular complexity index is 1320. The van der Waals surface area contributed by atoms with E-state index >= 15 is 0 Å². The fourth-order valence-electron chi connectivity index (χ4n) is 3.63. The van der Waals surface area contributed by atoms with Crippen LogP contribution in [-0.4, -0.2) is 36.1 Å². The van der Waals surface area contributed by atoms with Crippen molar-refractivity contribution >= 4 is 52.8 Å². The molecule has 1 fully saturated rings. The maximum absolute atomic E-state index is 13.6. The van der Waals surface area contributed by atoms with E-state index in [2.05, 4.69) is 12.6 Å². The van der Waals surface area contributed by atoms with Gasteiger partial charge in [0.2, 0.25) is 0 Å². The van der Waals surface area contributed by atoms with Gasteiger partial charge < -0.3 is 9.64 Å². The average Bonchev–Trinajstić information content (AvgIpc) is 3.18. The molecule has 0 radical (unpaired) electrons. The Morgan fingerprint density at radius 2 is 1.77 bits per heavy atom. The van der Waals surface area contributed by atoms with E-state index in [4.69, 9.17) is 9.73 Å². The summed E-state index contributed by atoms with van der Waals surface area (Å²) in [5.74, 6) is -0.561. The van der Waals surface area contributed by atoms with Gasteiger partial charge in [0.15, 0.2) is 5.17 Å². The molecule has 0 bridgehead atoms. The highest BCUT2D eigenvalue weighted by Crippen LogP contribution is 2.38. The van der Waals surface area contributed by atoms with Crippen LogP contribution in [0.5, 0.6) is 0 Å². The lowest BCUT2D eigenvalue weighted by atomic mass is 10.2. The first kappa shape index (κ1) is 24.6. The predicted molar refractivity (Wildman–Crippen MR) is 144 cm³/mol. The van der Waals surface area contributed by atoms with Gasteiger partial charge >= 0.3 is 5.97 Å². The van der Waals surface area contributed by atoms with Crippen molar-refractivity contribution in [2.45, 2.75) is 18.4 Å². The monoisotopic (exact) mass is 503 g/mol. The molecule has 0 spiro atoms. The zero-order valence-corrected chi connectivity index (χ0v) is 21.3. The van der Waals surface area contributed by atoms with E-state index in [1.165, 1.54) is 18.9 Å². The average molecular weight is 504 g/mol. The number of rotatable bonds is 6. The number of thioether (sulfide) groups is 1. The lowest BCUT2D eigenvalue weighted by Gasteiger charge is -2.22. The number of aliphatic imine (C=N–C) groups is 1. The van der Waals surface area contributed by atoms with Crippen molar-refractivity contribution in [3.8, 4) is 0 Å². The molecular formula is C27H25N3O3S2. The van der Waals surface area contributed by atoms with Crippen molar-refractivity contribution in [3.05, 3.63) is 101 Å². The number of esters is 1. The second-order valence-electron chi connectivity index (χ2n) is 7.88. The first-order chi connectivity index (χ1) is 16.9. The maximum atomic E-state index is 13.6. The molecule has 0 saturated carbocycles. The van der Waals surface area contributed by atoms with Crippen molar-refractivity contribution in [1.82, 2.24) is 4.90 Å². The molecular weight excluding hydrogens is 478 g/mol. The highest BCUT2D eigenvalue weighted by atomic mass is 32.2. The normalized spacial score (nSPS) is 15.9. The zero-order chi connectivity index (χ0) is 24.9. The molecule has 1 aliphatic heterocycles. The van der Waals surface area contributed by atoms with Gasteiger partial charge in [0, 0.05) is 17.6 Å². The summed E-state index contributed by atoms with van der Waals surface area (Å²) >= 11 is 5.89. The first-order valence-electron chi connectivity index (χ1n) is 10.9. The van der Waals surface area contributed by atoms with Crippen molar-refractivity contribution in [2.24, 2.45) is 4.99 Å². The Morgan fingerprint density at radius 3 is 2.49 bits per heavy atom. The van der Waals surface area contributed by atoms with E-state index in [9.17, 15) is 9.59 Å². The summed E-state index contributed by atoms with van der Waals surface area (Å²) in [6, 6.07) is 24.4. The van der Waals surface area contributed by atoms with Crippen LogP contribution in [0.25, 0.3) is 0 Å². The van der Waals surface area contributed by atoms with Gasteiger partial charge in [0.05, 0.1) is 35.5 Å². The standard InChI is InChI=1S/C27H25N3O3S2/c1-18(29(2)22-14-7-8-15-23(22)34)24-25(31)30(17-19-10-5-4-6-11-19)27(35-24)28-21-13-9-12-20(16-21)26(32)33-3/h4-16,34H,17H2,1-3H3/b24-18+,28-27?. The number of anilines is 1. The minimum Gasteiger partial charge on any atom is -0.465 e. The quantitative estimate of drug-likeness (QED) is 0.258. The van der Waals surface area contributed by atoms with Gasteiger partial charge in [-0.05, 0) is 54.6 Å². The number of nitrogens with zero attached hydrogens (tertiary/aromatic N) is 3. The number of hydrogen-bond donors (Lipinski definition) is 1. The molecule has 0 unspecified atom stereocenters. The van der Waals surface area contributed by atoms with Crippen LogP contribution in [-0.2, 0) is 16.1 Å². The number of benzene rings is 3. The summed E-state index contributed by atoms with van der Waals surface area (Å²) in [5.41, 5.74) is 3.66. The number of hydrogen-bond acceptors (Lipinski definition) is 7. The first-order valence-corrected chi connectivity index (χ1v) is 12.2. The Hall–Kier alpha value is -3.49. The lowest BCUT2D eigenvalue weighted by Crippen LogP contribution is -2.29. The molecule has 1 amide bonds. The summed E-state index contributed by atoms with van der Waals surface area (Å²) in [7, 11) is 3.26. The van der Waals surface area contributed by atoms with E-state index in [0.29, 0.717) is 27.9 Å². The number of carbonyl (C=O) groups excluding carboxylic acids is 2. The second-order valence-corrected chi connectivity index (χ2v) is 9.34. The van der Waals surface area contributed by atoms with Crippen LogP contribution in [0.3, 0.4) is 0 Å². The van der Waals surface area contributed by atoms with Crippen molar-refractivity contribution < 1.29 is 14.3 Å². The summed E-state index contributed by atoms with van der Waals surface area (Å²) in [5, 5.41) is 0.544. The fraction of sp³-hybridized carbons (Fsp3) is 0.148. The van der Waals surface area contributed by atoms with Crippen molar-refractivity contribution in [1.29, 1.82) is 0 Å². The Balaban J connectivity index is 1.75. The van der Waals surface area contributed by atoms with Gasteiger partial charge in [0.1, 0.15) is 0 Å². The number of amides is 1. The number of thiol groups is 1. The number of allylic oxidation sites excluding steroid dienone is 1. The van der Waals surface area contributed by atoms with Crippen LogP contribution >= 0.6 is 24.4 Å². The summed E-state index contributed by atoms with van der Waals surface area (Å²) in [6.07, 6.45) is 0. The highest BCUT2D eigenvalue weighted by Gasteiger charge is 2.36. The molecule has 178 valence electrons. The Labute approximate surface area is 214 Å². The topological polar surface area (TPSA) is 62.2 Å². The van der Waals surface area contributed by atoms with Gasteiger partial charge in [-0.2, -0.15) is 0 Å². The van der Waals surface area contributed by atoms with Crippen LogP contribution in [0, 0.1) is 0 Å². The molecule has 4 rings (SSSR count). The van der Waals surface area contributed by atoms with E-state index in [1.54, 1.807) is 29.2 Å². The van der Waals surface area contributed by atoms with Gasteiger partial charge in [-0.15, -0.1) is 12.6 Å². The molecule has 35 heavy (non-hydrogen) atoms. The molecule has 1 saturated heterocycles. The molecule has 6 nitrogen and oxygen atoms in total. The third kappa shape index (κ3) is 5.44. The molecule has 8 heteroatoms. The van der Waals surface area contributed by atoms with E-state index in [1.807, 2.05) is 73.5 Å². The fourth-order valence-corrected chi connectivity index (χ4v) is 5.01. The van der Waals surface area contributed by atoms with E-state index in [0.717, 1.165) is 21.8 Å². The zero-order valence-electron chi connectivity index (χ0n) is 19.6. The minimum absolute atomic E-state index is 0.122. The van der Waals surface area contributed by atoms with Crippen LogP contribution in [0.1, 0.15) is 22.8 Å². The summed E-state index contributed by atoms with van der Waals surface area (Å²) < 4.78 is 4.83. The number of carbonyl (C=O) groups is 2. The molecule has 3 aromatic carbocycles. The lowest BCUT2D eigenvalue weighted by molar-refractivity contribution is -0.122. The number of methoxy groups -OCH3 is 1. The SMILES string of the molecule is COC(=O)c1cccc(N=C2S/C(=C(\C)N(C)c3ccccc3S)C(=O)N2Cc2ccccc2)c1. The molecule has 1 heterocycles. The molecule has 0 aliphatic carbocycles. The summed E-state index contributed by atoms with van der Waals surface area (Å²) in [4.78, 5) is 35.4. The molecule has 3 aromatic rings. The van der Waals surface area contributed by atoms with Crippen LogP contribution in [0.4, 0.5) is 11.4 Å². The molecule has 1 aliphatic rings. The summed E-state index contributed by atoms with van der Waals surface area (Å²) in [6.45, 7) is 2.30. The van der Waals surface area contributed by atoms with Gasteiger partial charge in [-0.1, -0.05) is 48.5 Å². The number of ether oxygens (including phenoxy) is 1. The van der Waals surface area contributed by atoms with E-state index in [-0.39, 0.29) is 5.91 Å². The van der Waals surface area contributed by atoms with Crippen molar-refractivity contribution in [3.63, 3.8) is 0 Å². The Morgan fingerprint density at radius 1 is 1.06 bits per heavy atom. The van der Waals surface area contributed by atoms with Crippen LogP contribution < -0.4 is 4.90 Å². The maximum Gasteiger partial charge on any atom is 0.337 e.